The molecule has 0 bridgehead atoms. The van der Waals surface area contributed by atoms with Gasteiger partial charge in [0, 0.05) is 12.4 Å². The zero-order chi connectivity index (χ0) is 11.8. The first-order valence-electron chi connectivity index (χ1n) is 5.34. The minimum Gasteiger partial charge on any atom is -0.397 e. The molecule has 17 heavy (non-hydrogen) atoms. The molecule has 0 amide bonds. The summed E-state index contributed by atoms with van der Waals surface area (Å²) in [7, 11) is 0. The number of rotatable bonds is 2. The number of hydrogen-bond donors (Lipinski definition) is 2. The standard InChI is InChI=1S/C11H12N6/c1-7(9-3-5-14-16-9)17-11-8(12)2-4-13-10(11)6-15-17/h2-7H,1H3,(H2,12,13)(H,14,16). The maximum atomic E-state index is 5.97. The van der Waals surface area contributed by atoms with E-state index in [-0.39, 0.29) is 6.04 Å². The summed E-state index contributed by atoms with van der Waals surface area (Å²) in [5.41, 5.74) is 9.29. The van der Waals surface area contributed by atoms with Crippen LogP contribution in [0.3, 0.4) is 0 Å². The summed E-state index contributed by atoms with van der Waals surface area (Å²) in [6.07, 6.45) is 5.13. The molecule has 0 saturated carbocycles. The Bertz CT molecular complexity index is 639. The number of nitrogens with zero attached hydrogens (tertiary/aromatic N) is 4. The summed E-state index contributed by atoms with van der Waals surface area (Å²) >= 11 is 0. The summed E-state index contributed by atoms with van der Waals surface area (Å²) in [6.45, 7) is 2.03. The maximum Gasteiger partial charge on any atom is 0.110 e. The number of nitrogens with one attached hydrogen (secondary N) is 1. The lowest BCUT2D eigenvalue weighted by molar-refractivity contribution is 0.569. The highest BCUT2D eigenvalue weighted by Crippen LogP contribution is 2.24. The first-order chi connectivity index (χ1) is 8.27. The Kier molecular flexibility index (Phi) is 2.07. The lowest BCUT2D eigenvalue weighted by atomic mass is 10.2. The van der Waals surface area contributed by atoms with Crippen molar-refractivity contribution < 1.29 is 0 Å². The van der Waals surface area contributed by atoms with Gasteiger partial charge in [0.25, 0.3) is 0 Å². The molecule has 86 valence electrons. The van der Waals surface area contributed by atoms with Crippen LogP contribution in [-0.4, -0.2) is 25.0 Å². The van der Waals surface area contributed by atoms with Gasteiger partial charge < -0.3 is 5.73 Å². The zero-order valence-electron chi connectivity index (χ0n) is 9.33. The maximum absolute atomic E-state index is 5.97. The summed E-state index contributed by atoms with van der Waals surface area (Å²) in [6, 6.07) is 3.74. The number of nitrogens with two attached hydrogens (primary N) is 1. The lowest BCUT2D eigenvalue weighted by Gasteiger charge is -2.12. The quantitative estimate of drug-likeness (QED) is 0.693. The van der Waals surface area contributed by atoms with Gasteiger partial charge in [0.2, 0.25) is 0 Å². The van der Waals surface area contributed by atoms with E-state index in [4.69, 9.17) is 5.73 Å². The van der Waals surface area contributed by atoms with Gasteiger partial charge in [0.1, 0.15) is 11.0 Å². The van der Waals surface area contributed by atoms with E-state index in [0.717, 1.165) is 16.7 Å². The monoisotopic (exact) mass is 228 g/mol. The molecule has 0 aromatic carbocycles. The second kappa shape index (κ2) is 3.58. The summed E-state index contributed by atoms with van der Waals surface area (Å²) in [4.78, 5) is 4.24. The molecule has 1 unspecified atom stereocenters. The van der Waals surface area contributed by atoms with E-state index in [9.17, 15) is 0 Å². The van der Waals surface area contributed by atoms with Crippen molar-refractivity contribution in [2.75, 3.05) is 5.73 Å². The Morgan fingerprint density at radius 3 is 3.00 bits per heavy atom. The average Bonchev–Trinajstić information content (AvgIpc) is 2.98. The summed E-state index contributed by atoms with van der Waals surface area (Å²) in [5.74, 6) is 0. The third kappa shape index (κ3) is 1.45. The normalized spacial score (nSPS) is 13.0. The van der Waals surface area contributed by atoms with Gasteiger partial charge in [-0.05, 0) is 19.1 Å². The molecule has 1 atom stereocenters. The van der Waals surface area contributed by atoms with Crippen molar-refractivity contribution in [2.45, 2.75) is 13.0 Å². The highest BCUT2D eigenvalue weighted by atomic mass is 15.3. The van der Waals surface area contributed by atoms with Crippen LogP contribution in [0.5, 0.6) is 0 Å². The number of aromatic amines is 1. The van der Waals surface area contributed by atoms with E-state index in [1.165, 1.54) is 0 Å². The van der Waals surface area contributed by atoms with Crippen LogP contribution < -0.4 is 5.73 Å². The molecule has 3 N–H and O–H groups in total. The fourth-order valence-corrected chi connectivity index (χ4v) is 1.93. The van der Waals surface area contributed by atoms with E-state index >= 15 is 0 Å². The van der Waals surface area contributed by atoms with Gasteiger partial charge in [0.05, 0.1) is 23.6 Å². The van der Waals surface area contributed by atoms with Crippen LogP contribution in [0.15, 0.2) is 30.7 Å². The molecule has 0 aliphatic rings. The number of aromatic nitrogens is 5. The number of H-pyrrole nitrogens is 1. The molecule has 6 nitrogen and oxygen atoms in total. The van der Waals surface area contributed by atoms with Gasteiger partial charge in [-0.1, -0.05) is 0 Å². The van der Waals surface area contributed by atoms with Crippen molar-refractivity contribution in [3.63, 3.8) is 0 Å². The van der Waals surface area contributed by atoms with E-state index in [1.54, 1.807) is 24.7 Å². The Hall–Kier alpha value is -2.37. The Morgan fingerprint density at radius 2 is 2.24 bits per heavy atom. The minimum atomic E-state index is 0.0431. The highest BCUT2D eigenvalue weighted by Gasteiger charge is 2.15. The lowest BCUT2D eigenvalue weighted by Crippen LogP contribution is -2.09. The van der Waals surface area contributed by atoms with E-state index < -0.39 is 0 Å². The van der Waals surface area contributed by atoms with Crippen LogP contribution in [0.1, 0.15) is 18.7 Å². The first-order valence-corrected chi connectivity index (χ1v) is 5.34. The Morgan fingerprint density at radius 1 is 1.35 bits per heavy atom. The van der Waals surface area contributed by atoms with Gasteiger partial charge in [-0.15, -0.1) is 0 Å². The zero-order valence-corrected chi connectivity index (χ0v) is 9.33. The van der Waals surface area contributed by atoms with Crippen molar-refractivity contribution in [3.05, 3.63) is 36.4 Å². The van der Waals surface area contributed by atoms with Crippen LogP contribution >= 0.6 is 0 Å². The van der Waals surface area contributed by atoms with Gasteiger partial charge in [0.15, 0.2) is 0 Å². The molecule has 0 radical (unpaired) electrons. The molecule has 3 aromatic rings. The van der Waals surface area contributed by atoms with Crippen LogP contribution in [0.25, 0.3) is 11.0 Å². The molecule has 0 aliphatic carbocycles. The molecule has 3 heterocycles. The van der Waals surface area contributed by atoms with Gasteiger partial charge in [-0.2, -0.15) is 10.2 Å². The second-order valence-electron chi connectivity index (χ2n) is 3.91. The number of hydrogen-bond acceptors (Lipinski definition) is 4. The van der Waals surface area contributed by atoms with Crippen LogP contribution in [0.2, 0.25) is 0 Å². The second-order valence-corrected chi connectivity index (χ2v) is 3.91. The largest absolute Gasteiger partial charge is 0.397 e. The molecule has 0 aliphatic heterocycles. The predicted octanol–water partition coefficient (Wildman–Crippen LogP) is 1.35. The van der Waals surface area contributed by atoms with Crippen molar-refractivity contribution >= 4 is 16.7 Å². The van der Waals surface area contributed by atoms with Crippen LogP contribution in [-0.2, 0) is 0 Å². The third-order valence-electron chi connectivity index (χ3n) is 2.86. The van der Waals surface area contributed by atoms with Gasteiger partial charge in [-0.25, -0.2) is 0 Å². The number of pyridine rings is 1. The molecule has 6 heteroatoms. The van der Waals surface area contributed by atoms with Crippen molar-refractivity contribution in [2.24, 2.45) is 0 Å². The smallest absolute Gasteiger partial charge is 0.110 e. The predicted molar refractivity (Wildman–Crippen MR) is 64.3 cm³/mol. The highest BCUT2D eigenvalue weighted by molar-refractivity contribution is 5.86. The van der Waals surface area contributed by atoms with E-state index in [2.05, 4.69) is 20.3 Å². The topological polar surface area (TPSA) is 85.4 Å². The molecule has 0 spiro atoms. The minimum absolute atomic E-state index is 0.0431. The average molecular weight is 228 g/mol. The molecule has 0 saturated heterocycles. The van der Waals surface area contributed by atoms with E-state index in [1.807, 2.05) is 17.7 Å². The molecule has 3 aromatic heterocycles. The Labute approximate surface area is 97.5 Å². The summed E-state index contributed by atoms with van der Waals surface area (Å²) < 4.78 is 1.85. The van der Waals surface area contributed by atoms with Gasteiger partial charge >= 0.3 is 0 Å². The molecular weight excluding hydrogens is 216 g/mol. The number of fused-ring (bicyclic) bond motifs is 1. The van der Waals surface area contributed by atoms with Crippen molar-refractivity contribution in [3.8, 4) is 0 Å². The summed E-state index contributed by atoms with van der Waals surface area (Å²) in [5, 5.41) is 11.2. The van der Waals surface area contributed by atoms with E-state index in [0.29, 0.717) is 5.69 Å². The van der Waals surface area contributed by atoms with Crippen molar-refractivity contribution in [1.29, 1.82) is 0 Å². The molecule has 3 rings (SSSR count). The fourth-order valence-electron chi connectivity index (χ4n) is 1.93. The Balaban J connectivity index is 2.18. The van der Waals surface area contributed by atoms with Crippen molar-refractivity contribution in [1.82, 2.24) is 25.0 Å². The third-order valence-corrected chi connectivity index (χ3v) is 2.86. The van der Waals surface area contributed by atoms with Gasteiger partial charge in [-0.3, -0.25) is 14.8 Å². The van der Waals surface area contributed by atoms with Crippen LogP contribution in [0, 0.1) is 0 Å². The molecular formula is C11H12N6. The van der Waals surface area contributed by atoms with Crippen LogP contribution in [0.4, 0.5) is 5.69 Å². The fraction of sp³-hybridized carbons (Fsp3) is 0.182. The molecule has 0 fully saturated rings. The number of nitrogen functional groups attached to an aromatic ring is 1. The number of anilines is 1. The SMILES string of the molecule is CC(c1ccn[nH]1)n1ncc2nccc(N)c21. The first kappa shape index (κ1) is 9.83.